The summed E-state index contributed by atoms with van der Waals surface area (Å²) in [6, 6.07) is 0. The minimum absolute atomic E-state index is 0.00804. The molecule has 86 valence electrons. The molecule has 0 saturated heterocycles. The fourth-order valence-corrected chi connectivity index (χ4v) is 1.48. The van der Waals surface area contributed by atoms with E-state index in [0.717, 1.165) is 6.08 Å². The maximum absolute atomic E-state index is 13.3. The van der Waals surface area contributed by atoms with Crippen LogP contribution in [0, 0.1) is 5.92 Å². The van der Waals surface area contributed by atoms with Crippen LogP contribution in [0.1, 0.15) is 26.7 Å². The van der Waals surface area contributed by atoms with Gasteiger partial charge in [-0.05, 0) is 17.9 Å². The molecule has 0 unspecified atom stereocenters. The zero-order valence-electron chi connectivity index (χ0n) is 8.49. The van der Waals surface area contributed by atoms with Crippen molar-refractivity contribution < 1.29 is 22.3 Å². The summed E-state index contributed by atoms with van der Waals surface area (Å²) in [5, 5.41) is 0. The Morgan fingerprint density at radius 2 is 1.87 bits per heavy atom. The van der Waals surface area contributed by atoms with Gasteiger partial charge in [0.2, 0.25) is 0 Å². The number of hydrogen-bond donors (Lipinski definition) is 0. The number of allylic oxidation sites excluding steroid dienone is 4. The third kappa shape index (κ3) is 3.57. The monoisotopic (exact) mass is 224 g/mol. The number of ether oxygens (including phenoxy) is 1. The molecule has 15 heavy (non-hydrogen) atoms. The minimum atomic E-state index is -4.73. The van der Waals surface area contributed by atoms with Crippen LogP contribution >= 0.6 is 0 Å². The van der Waals surface area contributed by atoms with Gasteiger partial charge in [-0.1, -0.05) is 13.8 Å². The second kappa shape index (κ2) is 4.24. The average Bonchev–Trinajstić information content (AvgIpc) is 1.99. The highest BCUT2D eigenvalue weighted by Crippen LogP contribution is 2.33. The first kappa shape index (κ1) is 12.1. The molecule has 0 aliphatic heterocycles. The Kier molecular flexibility index (Phi) is 3.42. The Hall–Kier alpha value is -1.00. The van der Waals surface area contributed by atoms with E-state index in [-0.39, 0.29) is 24.5 Å². The van der Waals surface area contributed by atoms with E-state index in [0.29, 0.717) is 5.57 Å². The summed E-state index contributed by atoms with van der Waals surface area (Å²) in [4.78, 5) is 0. The second-order valence-corrected chi connectivity index (χ2v) is 3.69. The number of hydrogen-bond acceptors (Lipinski definition) is 1. The van der Waals surface area contributed by atoms with Crippen LogP contribution in [-0.2, 0) is 4.74 Å². The fraction of sp³-hybridized carbons (Fsp3) is 0.600. The predicted molar refractivity (Wildman–Crippen MR) is 47.4 cm³/mol. The zero-order chi connectivity index (χ0) is 11.6. The van der Waals surface area contributed by atoms with Gasteiger partial charge in [0.05, 0.1) is 0 Å². The molecule has 0 aromatic carbocycles. The van der Waals surface area contributed by atoms with E-state index in [1.165, 1.54) is 0 Å². The van der Waals surface area contributed by atoms with Gasteiger partial charge < -0.3 is 4.74 Å². The molecule has 0 saturated carbocycles. The molecule has 1 rings (SSSR count). The average molecular weight is 224 g/mol. The zero-order valence-corrected chi connectivity index (χ0v) is 8.49. The third-order valence-electron chi connectivity index (χ3n) is 2.18. The Morgan fingerprint density at radius 3 is 2.27 bits per heavy atom. The molecule has 0 aromatic heterocycles. The van der Waals surface area contributed by atoms with Gasteiger partial charge in [0.25, 0.3) is 0 Å². The van der Waals surface area contributed by atoms with Gasteiger partial charge in [0.15, 0.2) is 0 Å². The van der Waals surface area contributed by atoms with E-state index in [2.05, 4.69) is 4.74 Å². The topological polar surface area (TPSA) is 9.23 Å². The number of rotatable bonds is 2. The van der Waals surface area contributed by atoms with Gasteiger partial charge in [-0.2, -0.15) is 0 Å². The molecule has 0 fully saturated rings. The van der Waals surface area contributed by atoms with Gasteiger partial charge in [-0.25, -0.2) is 4.39 Å². The quantitative estimate of drug-likeness (QED) is 0.642. The van der Waals surface area contributed by atoms with Crippen LogP contribution in [0.15, 0.2) is 23.2 Å². The van der Waals surface area contributed by atoms with Crippen molar-refractivity contribution in [1.29, 1.82) is 0 Å². The summed E-state index contributed by atoms with van der Waals surface area (Å²) in [5.74, 6) is -0.950. The number of alkyl halides is 3. The summed E-state index contributed by atoms with van der Waals surface area (Å²) < 4.78 is 52.4. The van der Waals surface area contributed by atoms with Crippen molar-refractivity contribution in [1.82, 2.24) is 0 Å². The van der Waals surface area contributed by atoms with Crippen LogP contribution in [0.2, 0.25) is 0 Å². The second-order valence-electron chi connectivity index (χ2n) is 3.69. The van der Waals surface area contributed by atoms with Crippen LogP contribution < -0.4 is 0 Å². The summed E-state index contributed by atoms with van der Waals surface area (Å²) in [6.45, 7) is 3.61. The largest absolute Gasteiger partial charge is 0.572 e. The van der Waals surface area contributed by atoms with E-state index in [1.807, 2.05) is 0 Å². The predicted octanol–water partition coefficient (Wildman–Crippen LogP) is 4.08. The van der Waals surface area contributed by atoms with E-state index >= 15 is 0 Å². The SMILES string of the molecule is CC(C)C1=C(F)C=C(OC(F)(F)F)CC1. The van der Waals surface area contributed by atoms with Crippen molar-refractivity contribution in [3.63, 3.8) is 0 Å². The van der Waals surface area contributed by atoms with Crippen LogP contribution in [0.3, 0.4) is 0 Å². The molecule has 0 N–H and O–H groups in total. The van der Waals surface area contributed by atoms with E-state index < -0.39 is 12.2 Å². The molecule has 0 atom stereocenters. The Bertz CT molecular complexity index is 299. The summed E-state index contributed by atoms with van der Waals surface area (Å²) in [5.41, 5.74) is 0.546. The lowest BCUT2D eigenvalue weighted by molar-refractivity contribution is -0.306. The lowest BCUT2D eigenvalue weighted by atomic mass is 9.93. The molecule has 1 nitrogen and oxygen atoms in total. The van der Waals surface area contributed by atoms with E-state index in [4.69, 9.17) is 0 Å². The first-order valence-electron chi connectivity index (χ1n) is 4.64. The summed E-state index contributed by atoms with van der Waals surface area (Å²) >= 11 is 0. The first-order chi connectivity index (χ1) is 6.79. The highest BCUT2D eigenvalue weighted by atomic mass is 19.4. The minimum Gasteiger partial charge on any atom is -0.410 e. The van der Waals surface area contributed by atoms with Gasteiger partial charge in [0.1, 0.15) is 11.6 Å². The van der Waals surface area contributed by atoms with E-state index in [1.54, 1.807) is 13.8 Å². The van der Waals surface area contributed by atoms with Gasteiger partial charge in [-0.3, -0.25) is 0 Å². The van der Waals surface area contributed by atoms with Crippen LogP contribution in [0.25, 0.3) is 0 Å². The molecule has 0 aromatic rings. The summed E-state index contributed by atoms with van der Waals surface area (Å²) in [6.07, 6.45) is -3.53. The Morgan fingerprint density at radius 1 is 1.27 bits per heavy atom. The molecule has 1 aliphatic rings. The molecule has 0 spiro atoms. The highest BCUT2D eigenvalue weighted by molar-refractivity contribution is 5.27. The molecule has 0 heterocycles. The van der Waals surface area contributed by atoms with Gasteiger partial charge >= 0.3 is 6.36 Å². The van der Waals surface area contributed by atoms with Crippen molar-refractivity contribution in [2.75, 3.05) is 0 Å². The molecular formula is C10H12F4O. The summed E-state index contributed by atoms with van der Waals surface area (Å²) in [7, 11) is 0. The molecule has 0 amide bonds. The molecule has 1 aliphatic carbocycles. The lowest BCUT2D eigenvalue weighted by Crippen LogP contribution is -2.15. The first-order valence-corrected chi connectivity index (χ1v) is 4.64. The van der Waals surface area contributed by atoms with Gasteiger partial charge in [-0.15, -0.1) is 13.2 Å². The maximum atomic E-state index is 13.3. The van der Waals surface area contributed by atoms with Crippen molar-refractivity contribution in [2.24, 2.45) is 5.92 Å². The fourth-order valence-electron chi connectivity index (χ4n) is 1.48. The van der Waals surface area contributed by atoms with Gasteiger partial charge in [0, 0.05) is 12.5 Å². The Labute approximate surface area is 85.4 Å². The van der Waals surface area contributed by atoms with Crippen molar-refractivity contribution >= 4 is 0 Å². The molecule has 0 radical (unpaired) electrons. The number of halogens is 4. The lowest BCUT2D eigenvalue weighted by Gasteiger charge is -2.19. The normalized spacial score (nSPS) is 18.2. The van der Waals surface area contributed by atoms with Crippen molar-refractivity contribution in [3.8, 4) is 0 Å². The van der Waals surface area contributed by atoms with E-state index in [9.17, 15) is 17.6 Å². The van der Waals surface area contributed by atoms with Crippen molar-refractivity contribution in [3.05, 3.63) is 23.2 Å². The molecule has 5 heteroatoms. The van der Waals surface area contributed by atoms with Crippen LogP contribution in [0.4, 0.5) is 17.6 Å². The standard InChI is InChI=1S/C10H12F4O/c1-6(2)8-4-3-7(5-9(8)11)15-10(12,13)14/h5-6H,3-4H2,1-2H3. The smallest absolute Gasteiger partial charge is 0.410 e. The van der Waals surface area contributed by atoms with Crippen LogP contribution in [0.5, 0.6) is 0 Å². The van der Waals surface area contributed by atoms with Crippen LogP contribution in [-0.4, -0.2) is 6.36 Å². The Balaban J connectivity index is 2.78. The maximum Gasteiger partial charge on any atom is 0.572 e. The molecular weight excluding hydrogens is 212 g/mol. The highest BCUT2D eigenvalue weighted by Gasteiger charge is 2.33. The van der Waals surface area contributed by atoms with Crippen molar-refractivity contribution in [2.45, 2.75) is 33.1 Å². The molecule has 0 bridgehead atoms. The third-order valence-corrected chi connectivity index (χ3v) is 2.18.